The fourth-order valence-corrected chi connectivity index (χ4v) is 1.94. The Morgan fingerprint density at radius 3 is 3.23 bits per heavy atom. The number of aryl methyl sites for hydroxylation is 1. The summed E-state index contributed by atoms with van der Waals surface area (Å²) in [6, 6.07) is 0. The molecule has 0 fully saturated rings. The van der Waals surface area contributed by atoms with Crippen LogP contribution in [0.25, 0.3) is 0 Å². The molecule has 1 unspecified atom stereocenters. The summed E-state index contributed by atoms with van der Waals surface area (Å²) < 4.78 is 1.82. The van der Waals surface area contributed by atoms with Crippen molar-refractivity contribution in [3.05, 3.63) is 17.5 Å². The molecule has 0 saturated carbocycles. The number of hydrogen-bond donors (Lipinski definition) is 1. The van der Waals surface area contributed by atoms with Crippen molar-refractivity contribution in [3.8, 4) is 0 Å². The highest BCUT2D eigenvalue weighted by Gasteiger charge is 2.24. The van der Waals surface area contributed by atoms with E-state index in [1.54, 1.807) is 0 Å². The zero-order valence-electron chi connectivity index (χ0n) is 7.53. The molecular formula is C9H12N2O2. The average molecular weight is 180 g/mol. The van der Waals surface area contributed by atoms with Gasteiger partial charge in [0.2, 0.25) is 0 Å². The third-order valence-electron chi connectivity index (χ3n) is 2.58. The van der Waals surface area contributed by atoms with Crippen LogP contribution < -0.4 is 0 Å². The number of carboxylic acid groups (broad SMARTS) is 1. The van der Waals surface area contributed by atoms with Gasteiger partial charge in [-0.3, -0.25) is 4.68 Å². The van der Waals surface area contributed by atoms with Crippen LogP contribution in [0.3, 0.4) is 0 Å². The lowest BCUT2D eigenvalue weighted by atomic mass is 9.95. The van der Waals surface area contributed by atoms with Gasteiger partial charge in [0, 0.05) is 6.54 Å². The molecule has 1 aromatic rings. The zero-order chi connectivity index (χ0) is 9.42. The Morgan fingerprint density at radius 1 is 1.77 bits per heavy atom. The van der Waals surface area contributed by atoms with Gasteiger partial charge in [-0.25, -0.2) is 4.79 Å². The lowest BCUT2D eigenvalue weighted by Gasteiger charge is -2.20. The molecule has 4 heteroatoms. The summed E-state index contributed by atoms with van der Waals surface area (Å²) in [6.07, 6.45) is 3.61. The van der Waals surface area contributed by atoms with Crippen molar-refractivity contribution < 1.29 is 9.90 Å². The van der Waals surface area contributed by atoms with Gasteiger partial charge in [-0.2, -0.15) is 5.10 Å². The number of fused-ring (bicyclic) bond motifs is 1. The van der Waals surface area contributed by atoms with E-state index in [2.05, 4.69) is 12.0 Å². The Balaban J connectivity index is 2.50. The van der Waals surface area contributed by atoms with Gasteiger partial charge in [-0.1, -0.05) is 6.92 Å². The molecule has 0 spiro atoms. The smallest absolute Gasteiger partial charge is 0.339 e. The molecule has 1 aliphatic heterocycles. The Morgan fingerprint density at radius 2 is 2.54 bits per heavy atom. The SMILES string of the molecule is CC1CCCn2ncc(C(=O)O)c21. The van der Waals surface area contributed by atoms with Crippen LogP contribution in [0.5, 0.6) is 0 Å². The first kappa shape index (κ1) is 8.29. The van der Waals surface area contributed by atoms with Crippen LogP contribution in [-0.4, -0.2) is 20.9 Å². The first-order valence-corrected chi connectivity index (χ1v) is 4.49. The van der Waals surface area contributed by atoms with Crippen molar-refractivity contribution in [2.45, 2.75) is 32.2 Å². The van der Waals surface area contributed by atoms with Crippen LogP contribution in [0.1, 0.15) is 41.7 Å². The van der Waals surface area contributed by atoms with Crippen LogP contribution in [0.4, 0.5) is 0 Å². The van der Waals surface area contributed by atoms with Gasteiger partial charge >= 0.3 is 5.97 Å². The molecule has 13 heavy (non-hydrogen) atoms. The maximum Gasteiger partial charge on any atom is 0.339 e. The second-order valence-corrected chi connectivity index (χ2v) is 3.52. The predicted molar refractivity (Wildman–Crippen MR) is 46.8 cm³/mol. The fourth-order valence-electron chi connectivity index (χ4n) is 1.94. The zero-order valence-corrected chi connectivity index (χ0v) is 7.53. The Kier molecular flexibility index (Phi) is 1.83. The highest BCUT2D eigenvalue weighted by atomic mass is 16.4. The van der Waals surface area contributed by atoms with Crippen LogP contribution in [-0.2, 0) is 6.54 Å². The largest absolute Gasteiger partial charge is 0.478 e. The van der Waals surface area contributed by atoms with E-state index in [9.17, 15) is 4.79 Å². The molecule has 1 aromatic heterocycles. The minimum absolute atomic E-state index is 0.322. The van der Waals surface area contributed by atoms with E-state index in [1.807, 2.05) is 4.68 Å². The lowest BCUT2D eigenvalue weighted by Crippen LogP contribution is -2.16. The summed E-state index contributed by atoms with van der Waals surface area (Å²) in [5.41, 5.74) is 1.26. The van der Waals surface area contributed by atoms with E-state index >= 15 is 0 Å². The van der Waals surface area contributed by atoms with Crippen LogP contribution in [0, 0.1) is 0 Å². The standard InChI is InChI=1S/C9H12N2O2/c1-6-3-2-4-11-8(6)7(5-10-11)9(12)13/h5-6H,2-4H2,1H3,(H,12,13). The van der Waals surface area contributed by atoms with Gasteiger partial charge in [0.15, 0.2) is 0 Å². The molecular weight excluding hydrogens is 168 g/mol. The summed E-state index contributed by atoms with van der Waals surface area (Å²) in [5.74, 6) is -0.544. The summed E-state index contributed by atoms with van der Waals surface area (Å²) in [4.78, 5) is 10.8. The molecule has 0 aromatic carbocycles. The molecule has 1 aliphatic rings. The van der Waals surface area contributed by atoms with Crippen molar-refractivity contribution in [2.24, 2.45) is 0 Å². The molecule has 0 bridgehead atoms. The van der Waals surface area contributed by atoms with Gasteiger partial charge < -0.3 is 5.11 Å². The monoisotopic (exact) mass is 180 g/mol. The van der Waals surface area contributed by atoms with Crippen molar-refractivity contribution in [1.82, 2.24) is 9.78 Å². The highest BCUT2D eigenvalue weighted by molar-refractivity contribution is 5.88. The summed E-state index contributed by atoms with van der Waals surface area (Å²) in [5, 5.41) is 13.0. The molecule has 2 heterocycles. The van der Waals surface area contributed by atoms with Gasteiger partial charge in [0.25, 0.3) is 0 Å². The van der Waals surface area contributed by atoms with Gasteiger partial charge in [-0.05, 0) is 18.8 Å². The van der Waals surface area contributed by atoms with E-state index in [1.165, 1.54) is 6.20 Å². The van der Waals surface area contributed by atoms with Crippen LogP contribution in [0.15, 0.2) is 6.20 Å². The van der Waals surface area contributed by atoms with E-state index in [-0.39, 0.29) is 0 Å². The van der Waals surface area contributed by atoms with E-state index in [4.69, 9.17) is 5.11 Å². The Hall–Kier alpha value is -1.32. The van der Waals surface area contributed by atoms with E-state index in [0.717, 1.165) is 25.1 Å². The molecule has 2 rings (SSSR count). The first-order chi connectivity index (χ1) is 6.20. The average Bonchev–Trinajstić information content (AvgIpc) is 2.49. The van der Waals surface area contributed by atoms with Gasteiger partial charge in [0.1, 0.15) is 5.56 Å². The Labute approximate surface area is 76.2 Å². The fraction of sp³-hybridized carbons (Fsp3) is 0.556. The first-order valence-electron chi connectivity index (χ1n) is 4.49. The number of carboxylic acids is 1. The second-order valence-electron chi connectivity index (χ2n) is 3.52. The van der Waals surface area contributed by atoms with Crippen molar-refractivity contribution in [3.63, 3.8) is 0 Å². The second kappa shape index (κ2) is 2.87. The summed E-state index contributed by atoms with van der Waals surface area (Å²) in [6.45, 7) is 2.91. The topological polar surface area (TPSA) is 55.1 Å². The molecule has 70 valence electrons. The molecule has 4 nitrogen and oxygen atoms in total. The van der Waals surface area contributed by atoms with E-state index < -0.39 is 5.97 Å². The molecule has 0 amide bonds. The predicted octanol–water partition coefficient (Wildman–Crippen LogP) is 1.48. The molecule has 1 N–H and O–H groups in total. The number of aromatic nitrogens is 2. The Bertz CT molecular complexity index is 343. The maximum absolute atomic E-state index is 10.8. The number of nitrogens with zero attached hydrogens (tertiary/aromatic N) is 2. The van der Waals surface area contributed by atoms with Crippen molar-refractivity contribution in [2.75, 3.05) is 0 Å². The van der Waals surface area contributed by atoms with Crippen molar-refractivity contribution >= 4 is 5.97 Å². The van der Waals surface area contributed by atoms with E-state index in [0.29, 0.717) is 11.5 Å². The quantitative estimate of drug-likeness (QED) is 0.712. The van der Waals surface area contributed by atoms with Crippen LogP contribution >= 0.6 is 0 Å². The minimum Gasteiger partial charge on any atom is -0.478 e. The highest BCUT2D eigenvalue weighted by Crippen LogP contribution is 2.28. The molecule has 1 atom stereocenters. The summed E-state index contributed by atoms with van der Waals surface area (Å²) >= 11 is 0. The van der Waals surface area contributed by atoms with Crippen LogP contribution in [0.2, 0.25) is 0 Å². The third kappa shape index (κ3) is 1.22. The molecule has 0 radical (unpaired) electrons. The molecule has 0 aliphatic carbocycles. The normalized spacial score (nSPS) is 21.2. The minimum atomic E-state index is -0.866. The maximum atomic E-state index is 10.8. The number of carbonyl (C=O) groups is 1. The van der Waals surface area contributed by atoms with Gasteiger partial charge in [-0.15, -0.1) is 0 Å². The summed E-state index contributed by atoms with van der Waals surface area (Å²) in [7, 11) is 0. The number of aromatic carboxylic acids is 1. The third-order valence-corrected chi connectivity index (χ3v) is 2.58. The molecule has 0 saturated heterocycles. The van der Waals surface area contributed by atoms with Gasteiger partial charge in [0.05, 0.1) is 11.9 Å². The number of hydrogen-bond acceptors (Lipinski definition) is 2. The van der Waals surface area contributed by atoms with Crippen molar-refractivity contribution in [1.29, 1.82) is 0 Å². The lowest BCUT2D eigenvalue weighted by molar-refractivity contribution is 0.0694. The number of rotatable bonds is 1.